The second-order valence-corrected chi connectivity index (χ2v) is 5.69. The largest absolute Gasteiger partial charge is 0.382 e. The van der Waals surface area contributed by atoms with Crippen LogP contribution < -0.4 is 5.32 Å². The lowest BCUT2D eigenvalue weighted by Gasteiger charge is -2.37. The van der Waals surface area contributed by atoms with Crippen LogP contribution in [0.25, 0.3) is 0 Å². The van der Waals surface area contributed by atoms with Crippen LogP contribution in [0.1, 0.15) is 29.9 Å². The zero-order chi connectivity index (χ0) is 13.9. The Kier molecular flexibility index (Phi) is 3.62. The van der Waals surface area contributed by atoms with Gasteiger partial charge in [-0.2, -0.15) is 5.26 Å². The Bertz CT molecular complexity index is 620. The summed E-state index contributed by atoms with van der Waals surface area (Å²) in [5.74, 6) is 0.628. The van der Waals surface area contributed by atoms with Crippen LogP contribution in [0.3, 0.4) is 0 Å². The minimum absolute atomic E-state index is 0.517. The normalized spacial score (nSPS) is 20.8. The number of nitrogens with one attached hydrogen (secondary N) is 1. The number of rotatable bonds is 3. The summed E-state index contributed by atoms with van der Waals surface area (Å²) in [6, 6.07) is 18.4. The van der Waals surface area contributed by atoms with E-state index in [0.29, 0.717) is 17.5 Å². The van der Waals surface area contributed by atoms with E-state index in [1.165, 1.54) is 5.56 Å². The van der Waals surface area contributed by atoms with Gasteiger partial charge in [-0.25, -0.2) is 0 Å². The molecule has 3 heteroatoms. The minimum Gasteiger partial charge on any atom is -0.382 e. The first-order chi connectivity index (χ1) is 9.74. The molecule has 1 aliphatic rings. The molecular formula is C17H15ClN2. The van der Waals surface area contributed by atoms with Crippen LogP contribution in [0.4, 0.5) is 5.69 Å². The Morgan fingerprint density at radius 3 is 2.25 bits per heavy atom. The third-order valence-corrected chi connectivity index (χ3v) is 4.12. The summed E-state index contributed by atoms with van der Waals surface area (Å²) in [5.41, 5.74) is 3.15. The second-order valence-electron chi connectivity index (χ2n) is 5.25. The van der Waals surface area contributed by atoms with Crippen molar-refractivity contribution in [2.45, 2.75) is 24.8 Å². The van der Waals surface area contributed by atoms with Gasteiger partial charge in [0.1, 0.15) is 0 Å². The summed E-state index contributed by atoms with van der Waals surface area (Å²) >= 11 is 5.90. The van der Waals surface area contributed by atoms with Gasteiger partial charge < -0.3 is 5.32 Å². The molecule has 0 bridgehead atoms. The SMILES string of the molecule is N#Cc1ccc(NC2CC(c3ccc(Cl)cc3)C2)cc1. The molecule has 0 amide bonds. The molecule has 1 aliphatic carbocycles. The van der Waals surface area contributed by atoms with E-state index in [1.54, 1.807) is 0 Å². The highest BCUT2D eigenvalue weighted by Gasteiger charge is 2.29. The Balaban J connectivity index is 1.55. The number of hydrogen-bond donors (Lipinski definition) is 1. The smallest absolute Gasteiger partial charge is 0.0991 e. The van der Waals surface area contributed by atoms with Crippen LogP contribution in [0, 0.1) is 11.3 Å². The van der Waals surface area contributed by atoms with Crippen molar-refractivity contribution < 1.29 is 0 Å². The number of nitriles is 1. The molecule has 2 nitrogen and oxygen atoms in total. The fourth-order valence-electron chi connectivity index (χ4n) is 2.62. The van der Waals surface area contributed by atoms with E-state index in [1.807, 2.05) is 36.4 Å². The van der Waals surface area contributed by atoms with Crippen molar-refractivity contribution in [1.82, 2.24) is 0 Å². The van der Waals surface area contributed by atoms with Gasteiger partial charge in [0.25, 0.3) is 0 Å². The Labute approximate surface area is 124 Å². The summed E-state index contributed by atoms with van der Waals surface area (Å²) < 4.78 is 0. The first kappa shape index (κ1) is 13.0. The molecule has 3 rings (SSSR count). The highest BCUT2D eigenvalue weighted by Crippen LogP contribution is 2.38. The second kappa shape index (κ2) is 5.56. The van der Waals surface area contributed by atoms with Crippen LogP contribution in [0.2, 0.25) is 5.02 Å². The monoisotopic (exact) mass is 282 g/mol. The van der Waals surface area contributed by atoms with Gasteiger partial charge in [-0.15, -0.1) is 0 Å². The summed E-state index contributed by atoms with van der Waals surface area (Å²) in [4.78, 5) is 0. The number of benzene rings is 2. The fraction of sp³-hybridized carbons (Fsp3) is 0.235. The third-order valence-electron chi connectivity index (χ3n) is 3.86. The third kappa shape index (κ3) is 2.79. The lowest BCUT2D eigenvalue weighted by atomic mass is 9.76. The van der Waals surface area contributed by atoms with E-state index in [0.717, 1.165) is 23.6 Å². The van der Waals surface area contributed by atoms with Gasteiger partial charge in [0.05, 0.1) is 11.6 Å². The first-order valence-corrected chi connectivity index (χ1v) is 7.14. The molecule has 2 aromatic carbocycles. The van der Waals surface area contributed by atoms with Gasteiger partial charge >= 0.3 is 0 Å². The molecule has 0 atom stereocenters. The van der Waals surface area contributed by atoms with E-state index >= 15 is 0 Å². The van der Waals surface area contributed by atoms with Crippen molar-refractivity contribution in [2.24, 2.45) is 0 Å². The zero-order valence-electron chi connectivity index (χ0n) is 11.0. The molecule has 20 heavy (non-hydrogen) atoms. The lowest BCUT2D eigenvalue weighted by Crippen LogP contribution is -2.33. The molecule has 1 saturated carbocycles. The lowest BCUT2D eigenvalue weighted by molar-refractivity contribution is 0.374. The average molecular weight is 283 g/mol. The van der Waals surface area contributed by atoms with E-state index in [4.69, 9.17) is 16.9 Å². The number of nitrogens with zero attached hydrogens (tertiary/aromatic N) is 1. The average Bonchev–Trinajstić information content (AvgIpc) is 2.44. The molecule has 0 aromatic heterocycles. The summed E-state index contributed by atoms with van der Waals surface area (Å²) in [6.45, 7) is 0. The van der Waals surface area contributed by atoms with Crippen molar-refractivity contribution in [2.75, 3.05) is 5.32 Å². The number of hydrogen-bond acceptors (Lipinski definition) is 2. The van der Waals surface area contributed by atoms with E-state index in [2.05, 4.69) is 23.5 Å². The summed E-state index contributed by atoms with van der Waals surface area (Å²) in [6.07, 6.45) is 2.28. The van der Waals surface area contributed by atoms with Crippen LogP contribution >= 0.6 is 11.6 Å². The van der Waals surface area contributed by atoms with Gasteiger partial charge in [-0.1, -0.05) is 23.7 Å². The highest BCUT2D eigenvalue weighted by atomic mass is 35.5. The van der Waals surface area contributed by atoms with Crippen molar-refractivity contribution in [3.63, 3.8) is 0 Å². The molecule has 0 aliphatic heterocycles. The van der Waals surface area contributed by atoms with Gasteiger partial charge in [-0.3, -0.25) is 0 Å². The molecule has 100 valence electrons. The topological polar surface area (TPSA) is 35.8 Å². The van der Waals surface area contributed by atoms with E-state index in [-0.39, 0.29) is 0 Å². The zero-order valence-corrected chi connectivity index (χ0v) is 11.8. The molecule has 0 unspecified atom stereocenters. The molecule has 1 fully saturated rings. The van der Waals surface area contributed by atoms with Crippen molar-refractivity contribution in [1.29, 1.82) is 5.26 Å². The number of anilines is 1. The van der Waals surface area contributed by atoms with Crippen LogP contribution in [-0.4, -0.2) is 6.04 Å². The molecular weight excluding hydrogens is 268 g/mol. The predicted octanol–water partition coefficient (Wildman–Crippen LogP) is 4.57. The minimum atomic E-state index is 0.517. The molecule has 2 aromatic rings. The van der Waals surface area contributed by atoms with Gasteiger partial charge in [0, 0.05) is 16.8 Å². The molecule has 0 radical (unpaired) electrons. The Morgan fingerprint density at radius 1 is 1.00 bits per heavy atom. The molecule has 1 N–H and O–H groups in total. The Hall–Kier alpha value is -1.98. The molecule has 0 spiro atoms. The van der Waals surface area contributed by atoms with E-state index < -0.39 is 0 Å². The summed E-state index contributed by atoms with van der Waals surface area (Å²) in [5, 5.41) is 13.1. The van der Waals surface area contributed by atoms with Crippen LogP contribution in [0.15, 0.2) is 48.5 Å². The van der Waals surface area contributed by atoms with Crippen molar-refractivity contribution in [3.05, 3.63) is 64.7 Å². The van der Waals surface area contributed by atoms with Crippen molar-refractivity contribution in [3.8, 4) is 6.07 Å². The molecule has 0 saturated heterocycles. The van der Waals surface area contributed by atoms with Crippen LogP contribution in [-0.2, 0) is 0 Å². The first-order valence-electron chi connectivity index (χ1n) is 6.77. The maximum atomic E-state index is 8.77. The summed E-state index contributed by atoms with van der Waals surface area (Å²) in [7, 11) is 0. The van der Waals surface area contributed by atoms with E-state index in [9.17, 15) is 0 Å². The molecule has 0 heterocycles. The maximum Gasteiger partial charge on any atom is 0.0991 e. The van der Waals surface area contributed by atoms with Gasteiger partial charge in [-0.05, 0) is 60.7 Å². The highest BCUT2D eigenvalue weighted by molar-refractivity contribution is 6.30. The van der Waals surface area contributed by atoms with Crippen LogP contribution in [0.5, 0.6) is 0 Å². The predicted molar refractivity (Wildman–Crippen MR) is 82.0 cm³/mol. The quantitative estimate of drug-likeness (QED) is 0.895. The maximum absolute atomic E-state index is 8.77. The fourth-order valence-corrected chi connectivity index (χ4v) is 2.75. The standard InChI is InChI=1S/C17H15ClN2/c18-15-5-3-13(4-6-15)14-9-17(10-14)20-16-7-1-12(11-19)2-8-16/h1-8,14,17,20H,9-10H2. The van der Waals surface area contributed by atoms with Crippen molar-refractivity contribution >= 4 is 17.3 Å². The van der Waals surface area contributed by atoms with Gasteiger partial charge in [0.2, 0.25) is 0 Å². The number of halogens is 1. The Morgan fingerprint density at radius 2 is 1.65 bits per heavy atom. The van der Waals surface area contributed by atoms with Gasteiger partial charge in [0.15, 0.2) is 0 Å².